The summed E-state index contributed by atoms with van der Waals surface area (Å²) in [6.45, 7) is 4.58. The Hall–Kier alpha value is 0.1000. The lowest BCUT2D eigenvalue weighted by molar-refractivity contribution is 0.189. The van der Waals surface area contributed by atoms with Crippen LogP contribution in [0.25, 0.3) is 0 Å². The number of rotatable bonds is 7. The molecule has 1 saturated carbocycles. The van der Waals surface area contributed by atoms with Crippen molar-refractivity contribution < 1.29 is 0 Å². The first-order valence-electron chi connectivity index (χ1n) is 7.85. The van der Waals surface area contributed by atoms with Crippen molar-refractivity contribution in [1.82, 2.24) is 10.2 Å². The van der Waals surface area contributed by atoms with Crippen LogP contribution in [0.1, 0.15) is 56.4 Å². The summed E-state index contributed by atoms with van der Waals surface area (Å²) in [7, 11) is 2.30. The van der Waals surface area contributed by atoms with Crippen molar-refractivity contribution in [2.75, 3.05) is 20.1 Å². The number of hydrogen-bond acceptors (Lipinski definition) is 3. The van der Waals surface area contributed by atoms with Crippen LogP contribution in [0.2, 0.25) is 0 Å². The molecule has 0 saturated heterocycles. The van der Waals surface area contributed by atoms with Crippen molar-refractivity contribution in [1.29, 1.82) is 0 Å². The Morgan fingerprint density at radius 1 is 1.35 bits per heavy atom. The quantitative estimate of drug-likeness (QED) is 0.703. The van der Waals surface area contributed by atoms with E-state index in [4.69, 9.17) is 0 Å². The predicted molar refractivity (Wildman–Crippen MR) is 92.6 cm³/mol. The van der Waals surface area contributed by atoms with Crippen LogP contribution >= 0.6 is 27.3 Å². The van der Waals surface area contributed by atoms with Gasteiger partial charge in [-0.2, -0.15) is 0 Å². The second kappa shape index (κ2) is 8.52. The normalized spacial score (nSPS) is 18.6. The molecule has 1 heterocycles. The van der Waals surface area contributed by atoms with E-state index in [1.165, 1.54) is 53.7 Å². The van der Waals surface area contributed by atoms with Crippen LogP contribution in [0.4, 0.5) is 0 Å². The standard InChI is InChI=1S/C16H27BrN2S/c1-13(15-9-10-16(17)20-15)18-11-6-12-19(2)14-7-4-3-5-8-14/h9-10,13-14,18H,3-8,11-12H2,1-2H3. The summed E-state index contributed by atoms with van der Waals surface area (Å²) in [5, 5.41) is 3.63. The largest absolute Gasteiger partial charge is 0.309 e. The Morgan fingerprint density at radius 3 is 2.75 bits per heavy atom. The van der Waals surface area contributed by atoms with E-state index in [9.17, 15) is 0 Å². The highest BCUT2D eigenvalue weighted by atomic mass is 79.9. The zero-order valence-corrected chi connectivity index (χ0v) is 15.1. The number of thiophene rings is 1. The van der Waals surface area contributed by atoms with Gasteiger partial charge in [-0.3, -0.25) is 0 Å². The van der Waals surface area contributed by atoms with E-state index in [-0.39, 0.29) is 0 Å². The molecule has 1 aliphatic carbocycles. The Bertz CT molecular complexity index is 388. The lowest BCUT2D eigenvalue weighted by Crippen LogP contribution is -2.35. The molecule has 2 rings (SSSR count). The monoisotopic (exact) mass is 358 g/mol. The highest BCUT2D eigenvalue weighted by molar-refractivity contribution is 9.11. The maximum atomic E-state index is 3.63. The van der Waals surface area contributed by atoms with Crippen LogP contribution in [-0.4, -0.2) is 31.1 Å². The molecule has 0 radical (unpaired) electrons. The zero-order valence-electron chi connectivity index (χ0n) is 12.7. The third-order valence-electron chi connectivity index (χ3n) is 4.36. The van der Waals surface area contributed by atoms with Crippen molar-refractivity contribution in [3.8, 4) is 0 Å². The van der Waals surface area contributed by atoms with E-state index in [0.29, 0.717) is 6.04 Å². The smallest absolute Gasteiger partial charge is 0.0701 e. The van der Waals surface area contributed by atoms with Crippen LogP contribution in [0, 0.1) is 0 Å². The lowest BCUT2D eigenvalue weighted by Gasteiger charge is -2.31. The van der Waals surface area contributed by atoms with Gasteiger partial charge in [-0.1, -0.05) is 19.3 Å². The fourth-order valence-corrected chi connectivity index (χ4v) is 4.46. The Balaban J connectivity index is 1.61. The van der Waals surface area contributed by atoms with Crippen molar-refractivity contribution in [3.05, 3.63) is 20.8 Å². The molecule has 114 valence electrons. The molecule has 0 amide bonds. The second-order valence-electron chi connectivity index (χ2n) is 5.94. The number of nitrogens with zero attached hydrogens (tertiary/aromatic N) is 1. The van der Waals surface area contributed by atoms with Gasteiger partial charge in [0.25, 0.3) is 0 Å². The van der Waals surface area contributed by atoms with Crippen LogP contribution in [-0.2, 0) is 0 Å². The third kappa shape index (κ3) is 5.14. The summed E-state index contributed by atoms with van der Waals surface area (Å²) < 4.78 is 1.22. The van der Waals surface area contributed by atoms with Crippen molar-refractivity contribution in [2.24, 2.45) is 0 Å². The molecular weight excluding hydrogens is 332 g/mol. The van der Waals surface area contributed by atoms with Crippen LogP contribution in [0.15, 0.2) is 15.9 Å². The van der Waals surface area contributed by atoms with Gasteiger partial charge in [-0.15, -0.1) is 11.3 Å². The summed E-state index contributed by atoms with van der Waals surface area (Å²) in [4.78, 5) is 3.99. The van der Waals surface area contributed by atoms with Crippen LogP contribution in [0.3, 0.4) is 0 Å². The SMILES string of the molecule is CC(NCCCN(C)C1CCCCC1)c1ccc(Br)s1. The van der Waals surface area contributed by atoms with Gasteiger partial charge in [0.05, 0.1) is 3.79 Å². The van der Waals surface area contributed by atoms with Gasteiger partial charge in [0.15, 0.2) is 0 Å². The van der Waals surface area contributed by atoms with Crippen molar-refractivity contribution >= 4 is 27.3 Å². The maximum Gasteiger partial charge on any atom is 0.0701 e. The minimum absolute atomic E-state index is 0.464. The summed E-state index contributed by atoms with van der Waals surface area (Å²) in [5.41, 5.74) is 0. The lowest BCUT2D eigenvalue weighted by atomic mass is 9.94. The molecule has 0 aromatic carbocycles. The van der Waals surface area contributed by atoms with Gasteiger partial charge in [0, 0.05) is 17.0 Å². The van der Waals surface area contributed by atoms with Crippen LogP contribution in [0.5, 0.6) is 0 Å². The second-order valence-corrected chi connectivity index (χ2v) is 8.44. The minimum Gasteiger partial charge on any atom is -0.309 e. The molecule has 20 heavy (non-hydrogen) atoms. The van der Waals surface area contributed by atoms with Crippen LogP contribution < -0.4 is 5.32 Å². The molecule has 1 N–H and O–H groups in total. The van der Waals surface area contributed by atoms with Gasteiger partial charge in [-0.25, -0.2) is 0 Å². The number of hydrogen-bond donors (Lipinski definition) is 1. The summed E-state index contributed by atoms with van der Waals surface area (Å²) in [6.07, 6.45) is 8.35. The molecule has 1 aromatic rings. The molecule has 1 aliphatic rings. The first-order chi connectivity index (χ1) is 9.66. The fraction of sp³-hybridized carbons (Fsp3) is 0.750. The highest BCUT2D eigenvalue weighted by Crippen LogP contribution is 2.27. The van der Waals surface area contributed by atoms with Gasteiger partial charge >= 0.3 is 0 Å². The molecule has 1 atom stereocenters. The Morgan fingerprint density at radius 2 is 2.10 bits per heavy atom. The molecule has 0 bridgehead atoms. The van der Waals surface area contributed by atoms with E-state index in [0.717, 1.165) is 12.6 Å². The molecule has 4 heteroatoms. The summed E-state index contributed by atoms with van der Waals surface area (Å²) in [5.74, 6) is 0. The van der Waals surface area contributed by atoms with E-state index in [1.54, 1.807) is 0 Å². The Labute approximate surface area is 136 Å². The Kier molecular flexibility index (Phi) is 7.02. The summed E-state index contributed by atoms with van der Waals surface area (Å²) >= 11 is 5.36. The van der Waals surface area contributed by atoms with Gasteiger partial charge in [-0.05, 0) is 74.4 Å². The van der Waals surface area contributed by atoms with Crippen molar-refractivity contribution in [2.45, 2.75) is 57.5 Å². The number of nitrogens with one attached hydrogen (secondary N) is 1. The molecule has 1 aromatic heterocycles. The average Bonchev–Trinajstić information content (AvgIpc) is 2.91. The fourth-order valence-electron chi connectivity index (χ4n) is 3.01. The maximum absolute atomic E-state index is 3.63. The molecule has 0 aliphatic heterocycles. The van der Waals surface area contributed by atoms with Gasteiger partial charge in [0.1, 0.15) is 0 Å². The van der Waals surface area contributed by atoms with E-state index in [2.05, 4.69) is 52.3 Å². The zero-order chi connectivity index (χ0) is 14.4. The van der Waals surface area contributed by atoms with Gasteiger partial charge in [0.2, 0.25) is 0 Å². The van der Waals surface area contributed by atoms with Gasteiger partial charge < -0.3 is 10.2 Å². The molecule has 2 nitrogen and oxygen atoms in total. The van der Waals surface area contributed by atoms with E-state index < -0.39 is 0 Å². The molecule has 1 unspecified atom stereocenters. The molecule has 1 fully saturated rings. The first-order valence-corrected chi connectivity index (χ1v) is 9.46. The van der Waals surface area contributed by atoms with E-state index in [1.807, 2.05) is 11.3 Å². The number of halogens is 1. The van der Waals surface area contributed by atoms with Crippen molar-refractivity contribution in [3.63, 3.8) is 0 Å². The predicted octanol–water partition coefficient (Wildman–Crippen LogP) is 4.82. The highest BCUT2D eigenvalue weighted by Gasteiger charge is 2.17. The topological polar surface area (TPSA) is 15.3 Å². The third-order valence-corrected chi connectivity index (χ3v) is 6.16. The molecule has 0 spiro atoms. The minimum atomic E-state index is 0.464. The first kappa shape index (κ1) is 16.5. The average molecular weight is 359 g/mol. The summed E-state index contributed by atoms with van der Waals surface area (Å²) in [6, 6.07) is 5.65. The van der Waals surface area contributed by atoms with E-state index >= 15 is 0 Å². The molecular formula is C16H27BrN2S.